The molecule has 0 aliphatic heterocycles. The molecule has 1 aromatic carbocycles. The van der Waals surface area contributed by atoms with Crippen molar-refractivity contribution >= 4 is 21.9 Å². The Morgan fingerprint density at radius 2 is 1.86 bits per heavy atom. The van der Waals surface area contributed by atoms with Gasteiger partial charge in [-0.25, -0.2) is 13.2 Å². The van der Waals surface area contributed by atoms with E-state index in [1.807, 2.05) is 0 Å². The Morgan fingerprint density at radius 1 is 1.29 bits per heavy atom. The van der Waals surface area contributed by atoms with E-state index in [4.69, 9.17) is 5.73 Å². The third-order valence-corrected chi connectivity index (χ3v) is 4.85. The molecule has 1 rings (SSSR count). The third-order valence-electron chi connectivity index (χ3n) is 2.77. The van der Waals surface area contributed by atoms with Crippen LogP contribution in [0, 0.1) is 0 Å². The normalized spacial score (nSPS) is 11.7. The van der Waals surface area contributed by atoms with Gasteiger partial charge in [0.05, 0.1) is 24.1 Å². The van der Waals surface area contributed by atoms with Crippen molar-refractivity contribution in [2.24, 2.45) is 5.73 Å². The molecule has 7 nitrogen and oxygen atoms in total. The van der Waals surface area contributed by atoms with E-state index in [0.717, 1.165) is 11.4 Å². The molecule has 0 spiro atoms. The van der Waals surface area contributed by atoms with Crippen molar-refractivity contribution in [3.63, 3.8) is 0 Å². The number of primary amides is 1. The number of benzene rings is 1. The first-order valence-electron chi connectivity index (χ1n) is 6.19. The average molecular weight is 314 g/mol. The van der Waals surface area contributed by atoms with Gasteiger partial charge in [-0.3, -0.25) is 4.79 Å². The third kappa shape index (κ3) is 3.79. The van der Waals surface area contributed by atoms with Gasteiger partial charge in [0.2, 0.25) is 15.9 Å². The summed E-state index contributed by atoms with van der Waals surface area (Å²) in [6.45, 7) is 2.76. The number of carbonyl (C=O) groups excluding carboxylic acids is 2. The molecule has 0 aromatic heterocycles. The van der Waals surface area contributed by atoms with E-state index in [1.54, 1.807) is 13.8 Å². The van der Waals surface area contributed by atoms with Gasteiger partial charge in [-0.05, 0) is 26.0 Å². The lowest BCUT2D eigenvalue weighted by Gasteiger charge is -2.25. The van der Waals surface area contributed by atoms with Gasteiger partial charge in [0.1, 0.15) is 0 Å². The van der Waals surface area contributed by atoms with E-state index in [9.17, 15) is 18.0 Å². The highest BCUT2D eigenvalue weighted by Crippen LogP contribution is 2.22. The predicted molar refractivity (Wildman–Crippen MR) is 76.0 cm³/mol. The first kappa shape index (κ1) is 17.1. The summed E-state index contributed by atoms with van der Waals surface area (Å²) in [5.41, 5.74) is 5.01. The van der Waals surface area contributed by atoms with Gasteiger partial charge in [-0.15, -0.1) is 0 Å². The summed E-state index contributed by atoms with van der Waals surface area (Å²) in [5.74, 6) is -1.54. The van der Waals surface area contributed by atoms with Crippen LogP contribution in [0.3, 0.4) is 0 Å². The monoisotopic (exact) mass is 314 g/mol. The highest BCUT2D eigenvalue weighted by atomic mass is 32.2. The largest absolute Gasteiger partial charge is 0.465 e. The molecule has 2 N–H and O–H groups in total. The predicted octanol–water partition coefficient (Wildman–Crippen LogP) is 0.358. The summed E-state index contributed by atoms with van der Waals surface area (Å²) in [6, 6.07) is 5.16. The summed E-state index contributed by atoms with van der Waals surface area (Å²) < 4.78 is 30.8. The summed E-state index contributed by atoms with van der Waals surface area (Å²) in [5, 5.41) is 0. The maximum absolute atomic E-state index is 12.7. The molecular formula is C13H18N2O5S. The number of methoxy groups -OCH3 is 1. The van der Waals surface area contributed by atoms with Crippen LogP contribution in [0.5, 0.6) is 0 Å². The topological polar surface area (TPSA) is 107 Å². The smallest absolute Gasteiger partial charge is 0.339 e. The molecule has 1 amide bonds. The lowest BCUT2D eigenvalue weighted by molar-refractivity contribution is -0.118. The number of nitrogens with zero attached hydrogens (tertiary/aromatic N) is 1. The molecule has 0 bridgehead atoms. The Labute approximate surface area is 123 Å². The molecule has 0 saturated carbocycles. The Morgan fingerprint density at radius 3 is 2.33 bits per heavy atom. The van der Waals surface area contributed by atoms with Gasteiger partial charge < -0.3 is 10.5 Å². The van der Waals surface area contributed by atoms with E-state index in [-0.39, 0.29) is 10.5 Å². The zero-order valence-corrected chi connectivity index (χ0v) is 12.9. The number of nitrogens with two attached hydrogens (primary N) is 1. The standard InChI is InChI=1S/C13H18N2O5S/c1-9(2)15(8-12(14)16)21(18,19)11-7-5-4-6-10(11)13(17)20-3/h4-7,9H,8H2,1-3H3,(H2,14,16). The highest BCUT2D eigenvalue weighted by molar-refractivity contribution is 7.89. The van der Waals surface area contributed by atoms with Gasteiger partial charge in [0.25, 0.3) is 0 Å². The van der Waals surface area contributed by atoms with Crippen LogP contribution in [-0.4, -0.2) is 44.3 Å². The van der Waals surface area contributed by atoms with Crippen LogP contribution < -0.4 is 5.73 Å². The highest BCUT2D eigenvalue weighted by Gasteiger charge is 2.31. The fraction of sp³-hybridized carbons (Fsp3) is 0.385. The van der Waals surface area contributed by atoms with Crippen molar-refractivity contribution in [3.8, 4) is 0 Å². The SMILES string of the molecule is COC(=O)c1ccccc1S(=O)(=O)N(CC(N)=O)C(C)C. The number of rotatable bonds is 6. The zero-order chi connectivity index (χ0) is 16.2. The Balaban J connectivity index is 3.42. The van der Waals surface area contributed by atoms with Crippen molar-refractivity contribution < 1.29 is 22.7 Å². The van der Waals surface area contributed by atoms with Gasteiger partial charge in [-0.1, -0.05) is 12.1 Å². The minimum absolute atomic E-state index is 0.0879. The minimum atomic E-state index is -4.05. The average Bonchev–Trinajstić information content (AvgIpc) is 2.43. The van der Waals surface area contributed by atoms with E-state index in [1.165, 1.54) is 24.3 Å². The zero-order valence-electron chi connectivity index (χ0n) is 12.1. The molecule has 0 saturated heterocycles. The molecule has 116 valence electrons. The molecule has 0 heterocycles. The number of ether oxygens (including phenoxy) is 1. The summed E-state index contributed by atoms with van der Waals surface area (Å²) in [7, 11) is -2.89. The van der Waals surface area contributed by atoms with Crippen molar-refractivity contribution in [2.75, 3.05) is 13.7 Å². The quantitative estimate of drug-likeness (QED) is 0.763. The molecule has 0 radical (unpaired) electrons. The minimum Gasteiger partial charge on any atom is -0.465 e. The van der Waals surface area contributed by atoms with Crippen LogP contribution in [0.2, 0.25) is 0 Å². The van der Waals surface area contributed by atoms with Gasteiger partial charge in [0.15, 0.2) is 0 Å². The fourth-order valence-electron chi connectivity index (χ4n) is 1.80. The summed E-state index contributed by atoms with van der Waals surface area (Å²) in [4.78, 5) is 22.6. The van der Waals surface area contributed by atoms with Crippen LogP contribution in [0.4, 0.5) is 0 Å². The second-order valence-corrected chi connectivity index (χ2v) is 6.46. The Hall–Kier alpha value is -1.93. The molecule has 1 aromatic rings. The van der Waals surface area contributed by atoms with E-state index >= 15 is 0 Å². The number of sulfonamides is 1. The number of carbonyl (C=O) groups is 2. The van der Waals surface area contributed by atoms with Crippen LogP contribution in [-0.2, 0) is 19.6 Å². The Kier molecular flexibility index (Phi) is 5.45. The molecule has 0 aliphatic carbocycles. The van der Waals surface area contributed by atoms with Gasteiger partial charge in [-0.2, -0.15) is 4.31 Å². The molecule has 0 fully saturated rings. The summed E-state index contributed by atoms with van der Waals surface area (Å²) in [6.07, 6.45) is 0. The number of amides is 1. The first-order chi connectivity index (χ1) is 9.71. The lowest BCUT2D eigenvalue weighted by Crippen LogP contribution is -2.43. The maximum atomic E-state index is 12.7. The fourth-order valence-corrected chi connectivity index (χ4v) is 3.58. The van der Waals surface area contributed by atoms with Crippen molar-refractivity contribution in [1.29, 1.82) is 0 Å². The Bertz CT molecular complexity index is 640. The van der Waals surface area contributed by atoms with Crippen LogP contribution in [0.25, 0.3) is 0 Å². The molecular weight excluding hydrogens is 296 g/mol. The van der Waals surface area contributed by atoms with E-state index < -0.39 is 34.5 Å². The first-order valence-corrected chi connectivity index (χ1v) is 7.63. The number of hydrogen-bond acceptors (Lipinski definition) is 5. The van der Waals surface area contributed by atoms with Crippen LogP contribution in [0.1, 0.15) is 24.2 Å². The van der Waals surface area contributed by atoms with Crippen LogP contribution in [0.15, 0.2) is 29.2 Å². The van der Waals surface area contributed by atoms with E-state index in [2.05, 4.69) is 4.74 Å². The van der Waals surface area contributed by atoms with Crippen molar-refractivity contribution in [2.45, 2.75) is 24.8 Å². The molecule has 8 heteroatoms. The lowest BCUT2D eigenvalue weighted by atomic mass is 10.2. The number of hydrogen-bond donors (Lipinski definition) is 1. The molecule has 0 atom stereocenters. The second kappa shape index (κ2) is 6.68. The van der Waals surface area contributed by atoms with Crippen molar-refractivity contribution in [1.82, 2.24) is 4.31 Å². The molecule has 0 unspecified atom stereocenters. The van der Waals surface area contributed by atoms with Gasteiger partial charge >= 0.3 is 5.97 Å². The van der Waals surface area contributed by atoms with E-state index in [0.29, 0.717) is 0 Å². The van der Waals surface area contributed by atoms with Gasteiger partial charge in [0, 0.05) is 6.04 Å². The number of esters is 1. The van der Waals surface area contributed by atoms with Crippen LogP contribution >= 0.6 is 0 Å². The molecule has 0 aliphatic rings. The van der Waals surface area contributed by atoms with Crippen molar-refractivity contribution in [3.05, 3.63) is 29.8 Å². The summed E-state index contributed by atoms with van der Waals surface area (Å²) >= 11 is 0. The second-order valence-electron chi connectivity index (χ2n) is 4.60. The maximum Gasteiger partial charge on any atom is 0.339 e. The molecule has 21 heavy (non-hydrogen) atoms.